The van der Waals surface area contributed by atoms with E-state index in [2.05, 4.69) is 12.1 Å². The molecular formula is C29H28FNOS. The van der Waals surface area contributed by atoms with Crippen LogP contribution in [0.4, 0.5) is 4.39 Å². The first kappa shape index (κ1) is 21.8. The summed E-state index contributed by atoms with van der Waals surface area (Å²) in [6.07, 6.45) is 5.41. The molecule has 0 unspecified atom stereocenters. The van der Waals surface area contributed by atoms with Crippen molar-refractivity contribution < 1.29 is 9.18 Å². The summed E-state index contributed by atoms with van der Waals surface area (Å²) in [6.45, 7) is 2.32. The van der Waals surface area contributed by atoms with E-state index < -0.39 is 0 Å². The lowest BCUT2D eigenvalue weighted by Crippen LogP contribution is -2.41. The second kappa shape index (κ2) is 9.48. The van der Waals surface area contributed by atoms with Gasteiger partial charge in [0.25, 0.3) is 5.91 Å². The van der Waals surface area contributed by atoms with E-state index in [9.17, 15) is 9.18 Å². The minimum Gasteiger partial charge on any atom is -0.331 e. The fraction of sp³-hybridized carbons (Fsp3) is 0.276. The van der Waals surface area contributed by atoms with Crippen molar-refractivity contribution in [1.82, 2.24) is 4.90 Å². The van der Waals surface area contributed by atoms with E-state index in [0.29, 0.717) is 12.1 Å². The van der Waals surface area contributed by atoms with Gasteiger partial charge in [0, 0.05) is 22.8 Å². The molecule has 0 N–H and O–H groups in total. The van der Waals surface area contributed by atoms with Gasteiger partial charge in [0.1, 0.15) is 5.82 Å². The number of thiophene rings is 1. The molecule has 1 fully saturated rings. The van der Waals surface area contributed by atoms with Gasteiger partial charge in [0.15, 0.2) is 0 Å². The molecule has 4 heteroatoms. The van der Waals surface area contributed by atoms with Gasteiger partial charge in [-0.1, -0.05) is 73.9 Å². The van der Waals surface area contributed by atoms with E-state index in [4.69, 9.17) is 0 Å². The lowest BCUT2D eigenvalue weighted by molar-refractivity contribution is 0.0616. The number of rotatable bonds is 5. The average Bonchev–Trinajstić information content (AvgIpc) is 3.21. The normalized spacial score (nSPS) is 14.5. The van der Waals surface area contributed by atoms with Gasteiger partial charge >= 0.3 is 0 Å². The fourth-order valence-electron chi connectivity index (χ4n) is 4.96. The second-order valence-corrected chi connectivity index (χ2v) is 10.0. The molecule has 0 radical (unpaired) electrons. The SMILES string of the molecule is Cc1c(C(=O)N(Cc2cc(-c3ccccc3)ccc2F)C2CCCCC2)sc2ccccc12. The van der Waals surface area contributed by atoms with Gasteiger partial charge in [0.2, 0.25) is 0 Å². The zero-order chi connectivity index (χ0) is 22.8. The standard InChI is InChI=1S/C29H28FNOS/c1-20-25-14-8-9-15-27(25)33-28(20)29(32)31(24-12-6-3-7-13-24)19-23-18-22(16-17-26(23)30)21-10-4-2-5-11-21/h2,4-5,8-11,14-18,24H,3,6-7,12-13,19H2,1H3. The Labute approximate surface area is 198 Å². The molecule has 0 saturated heterocycles. The zero-order valence-corrected chi connectivity index (χ0v) is 19.7. The van der Waals surface area contributed by atoms with Crippen LogP contribution in [0.2, 0.25) is 0 Å². The van der Waals surface area contributed by atoms with Crippen molar-refractivity contribution in [2.75, 3.05) is 0 Å². The van der Waals surface area contributed by atoms with Gasteiger partial charge in [0.05, 0.1) is 4.88 Å². The highest BCUT2D eigenvalue weighted by Gasteiger charge is 2.29. The Kier molecular flexibility index (Phi) is 6.28. The number of hydrogen-bond donors (Lipinski definition) is 0. The topological polar surface area (TPSA) is 20.3 Å². The molecule has 1 saturated carbocycles. The van der Waals surface area contributed by atoms with Crippen molar-refractivity contribution in [3.05, 3.63) is 94.6 Å². The molecular weight excluding hydrogens is 429 g/mol. The number of amides is 1. The number of halogens is 1. The van der Waals surface area contributed by atoms with Crippen molar-refractivity contribution in [2.45, 2.75) is 51.6 Å². The van der Waals surface area contributed by atoms with Gasteiger partial charge in [-0.3, -0.25) is 4.79 Å². The maximum atomic E-state index is 15.0. The van der Waals surface area contributed by atoms with Crippen LogP contribution < -0.4 is 0 Å². The Morgan fingerprint density at radius 2 is 1.67 bits per heavy atom. The third kappa shape index (κ3) is 4.45. The molecule has 0 aliphatic heterocycles. The highest BCUT2D eigenvalue weighted by atomic mass is 32.1. The molecule has 33 heavy (non-hydrogen) atoms. The van der Waals surface area contributed by atoms with Crippen molar-refractivity contribution in [3.63, 3.8) is 0 Å². The van der Waals surface area contributed by atoms with E-state index in [0.717, 1.165) is 57.3 Å². The third-order valence-electron chi connectivity index (χ3n) is 6.81. The summed E-state index contributed by atoms with van der Waals surface area (Å²) >= 11 is 1.55. The number of nitrogens with zero attached hydrogens (tertiary/aromatic N) is 1. The summed E-state index contributed by atoms with van der Waals surface area (Å²) in [7, 11) is 0. The summed E-state index contributed by atoms with van der Waals surface area (Å²) in [5.74, 6) is -0.221. The van der Waals surface area contributed by atoms with E-state index in [1.807, 2.05) is 66.4 Å². The highest BCUT2D eigenvalue weighted by Crippen LogP contribution is 2.34. The van der Waals surface area contributed by atoms with Gasteiger partial charge in [-0.05, 0) is 60.0 Å². The van der Waals surface area contributed by atoms with Crippen LogP contribution in [-0.2, 0) is 6.54 Å². The summed E-state index contributed by atoms with van der Waals surface area (Å²) < 4.78 is 16.1. The average molecular weight is 458 g/mol. The fourth-order valence-corrected chi connectivity index (χ4v) is 6.12. The summed E-state index contributed by atoms with van der Waals surface area (Å²) in [5.41, 5.74) is 3.63. The van der Waals surface area contributed by atoms with Gasteiger partial charge in [-0.15, -0.1) is 11.3 Å². The quantitative estimate of drug-likeness (QED) is 0.297. The highest BCUT2D eigenvalue weighted by molar-refractivity contribution is 7.21. The molecule has 0 spiro atoms. The van der Waals surface area contributed by atoms with Crippen LogP contribution in [0.5, 0.6) is 0 Å². The van der Waals surface area contributed by atoms with Gasteiger partial charge < -0.3 is 4.90 Å². The first-order valence-electron chi connectivity index (χ1n) is 11.7. The van der Waals surface area contributed by atoms with Crippen LogP contribution >= 0.6 is 11.3 Å². The van der Waals surface area contributed by atoms with Crippen molar-refractivity contribution in [1.29, 1.82) is 0 Å². The number of carbonyl (C=O) groups is 1. The van der Waals surface area contributed by atoms with Crippen LogP contribution in [-0.4, -0.2) is 16.8 Å². The van der Waals surface area contributed by atoms with Crippen LogP contribution in [0.15, 0.2) is 72.8 Å². The predicted molar refractivity (Wildman–Crippen MR) is 135 cm³/mol. The van der Waals surface area contributed by atoms with Crippen LogP contribution in [0, 0.1) is 12.7 Å². The molecule has 1 heterocycles. The van der Waals surface area contributed by atoms with E-state index >= 15 is 0 Å². The minimum absolute atomic E-state index is 0.0325. The van der Waals surface area contributed by atoms with E-state index in [1.165, 1.54) is 12.5 Å². The maximum Gasteiger partial charge on any atom is 0.264 e. The summed E-state index contributed by atoms with van der Waals surface area (Å²) in [5, 5.41) is 1.13. The van der Waals surface area contributed by atoms with Crippen molar-refractivity contribution in [3.8, 4) is 11.1 Å². The molecule has 3 aromatic carbocycles. The molecule has 168 valence electrons. The Morgan fingerprint density at radius 3 is 2.42 bits per heavy atom. The molecule has 1 aliphatic carbocycles. The Morgan fingerprint density at radius 1 is 0.939 bits per heavy atom. The second-order valence-electron chi connectivity index (χ2n) is 8.95. The third-order valence-corrected chi connectivity index (χ3v) is 8.07. The Bertz CT molecular complexity index is 1270. The molecule has 1 aromatic heterocycles. The van der Waals surface area contributed by atoms with Crippen molar-refractivity contribution >= 4 is 27.3 Å². The molecule has 0 atom stereocenters. The van der Waals surface area contributed by atoms with E-state index in [1.54, 1.807) is 11.3 Å². The first-order valence-corrected chi connectivity index (χ1v) is 12.6. The van der Waals surface area contributed by atoms with Crippen LogP contribution in [0.3, 0.4) is 0 Å². The van der Waals surface area contributed by atoms with Crippen molar-refractivity contribution in [2.24, 2.45) is 0 Å². The van der Waals surface area contributed by atoms with Crippen LogP contribution in [0.25, 0.3) is 21.2 Å². The molecule has 1 amide bonds. The number of benzene rings is 3. The Hall–Kier alpha value is -2.98. The Balaban J connectivity index is 1.52. The molecule has 2 nitrogen and oxygen atoms in total. The predicted octanol–water partition coefficient (Wildman–Crippen LogP) is 7.99. The van der Waals surface area contributed by atoms with Crippen LogP contribution in [0.1, 0.15) is 52.9 Å². The number of hydrogen-bond acceptors (Lipinski definition) is 2. The maximum absolute atomic E-state index is 15.0. The van der Waals surface area contributed by atoms with E-state index in [-0.39, 0.29) is 17.8 Å². The lowest BCUT2D eigenvalue weighted by atomic mass is 9.93. The van der Waals surface area contributed by atoms with Gasteiger partial charge in [-0.25, -0.2) is 4.39 Å². The number of aryl methyl sites for hydroxylation is 1. The monoisotopic (exact) mass is 457 g/mol. The minimum atomic E-state index is -0.253. The summed E-state index contributed by atoms with van der Waals surface area (Å²) in [6, 6.07) is 23.6. The smallest absolute Gasteiger partial charge is 0.264 e. The molecule has 4 aromatic rings. The first-order chi connectivity index (χ1) is 16.1. The molecule has 1 aliphatic rings. The molecule has 5 rings (SSSR count). The largest absolute Gasteiger partial charge is 0.331 e. The number of carbonyl (C=O) groups excluding carboxylic acids is 1. The zero-order valence-electron chi connectivity index (χ0n) is 18.9. The summed E-state index contributed by atoms with van der Waals surface area (Å²) in [4.78, 5) is 16.6. The molecule has 0 bridgehead atoms. The lowest BCUT2D eigenvalue weighted by Gasteiger charge is -2.34. The van der Waals surface area contributed by atoms with Gasteiger partial charge in [-0.2, -0.15) is 0 Å². The number of fused-ring (bicyclic) bond motifs is 1.